The minimum absolute atomic E-state index is 0.0728. The maximum absolute atomic E-state index is 8.47. The maximum Gasteiger partial charge on any atom is 0.110 e. The number of aliphatic hydroxyl groups excluding tert-OH is 1. The highest BCUT2D eigenvalue weighted by atomic mass is 16.5. The Balaban J connectivity index is 2.35. The number of hydrogen-bond donors (Lipinski definition) is 1. The summed E-state index contributed by atoms with van der Waals surface area (Å²) >= 11 is 0. The van der Waals surface area contributed by atoms with Crippen LogP contribution >= 0.6 is 0 Å². The Morgan fingerprint density at radius 1 is 1.75 bits per heavy atom. The van der Waals surface area contributed by atoms with Crippen LogP contribution in [0.1, 0.15) is 0 Å². The zero-order valence-electron chi connectivity index (χ0n) is 7.36. The van der Waals surface area contributed by atoms with E-state index < -0.39 is 0 Å². The van der Waals surface area contributed by atoms with E-state index in [1.807, 2.05) is 0 Å². The van der Waals surface area contributed by atoms with Gasteiger partial charge in [-0.05, 0) is 7.05 Å². The fourth-order valence-electron chi connectivity index (χ4n) is 1.11. The molecule has 1 aliphatic rings. The van der Waals surface area contributed by atoms with Crippen LogP contribution < -0.4 is 0 Å². The third kappa shape index (κ3) is 3.07. The lowest BCUT2D eigenvalue weighted by Gasteiger charge is -2.19. The van der Waals surface area contributed by atoms with Crippen LogP contribution in [0.15, 0.2) is 24.0 Å². The van der Waals surface area contributed by atoms with E-state index >= 15 is 0 Å². The SMILES string of the molecule is CN1CC=C/C(=C/OCCO)C1. The molecule has 0 aromatic rings. The highest BCUT2D eigenvalue weighted by molar-refractivity contribution is 5.21. The van der Waals surface area contributed by atoms with Crippen molar-refractivity contribution in [3.8, 4) is 0 Å². The number of nitrogens with zero attached hydrogens (tertiary/aromatic N) is 1. The van der Waals surface area contributed by atoms with Crippen molar-refractivity contribution in [1.82, 2.24) is 4.90 Å². The largest absolute Gasteiger partial charge is 0.498 e. The van der Waals surface area contributed by atoms with Gasteiger partial charge in [0.2, 0.25) is 0 Å². The van der Waals surface area contributed by atoms with Crippen molar-refractivity contribution in [2.75, 3.05) is 33.4 Å². The molecule has 0 aromatic carbocycles. The molecule has 68 valence electrons. The molecule has 0 spiro atoms. The summed E-state index contributed by atoms with van der Waals surface area (Å²) in [4.78, 5) is 2.19. The molecule has 0 aromatic heterocycles. The lowest BCUT2D eigenvalue weighted by molar-refractivity contribution is 0.164. The second-order valence-electron chi connectivity index (χ2n) is 2.89. The monoisotopic (exact) mass is 169 g/mol. The van der Waals surface area contributed by atoms with E-state index in [2.05, 4.69) is 24.1 Å². The third-order valence-electron chi connectivity index (χ3n) is 1.65. The first-order chi connectivity index (χ1) is 5.83. The molecule has 0 atom stereocenters. The standard InChI is InChI=1S/C9H15NO2/c1-10-4-2-3-9(7-10)8-12-6-5-11/h2-3,8,11H,4-7H2,1H3/b9-8-. The van der Waals surface area contributed by atoms with Gasteiger partial charge in [0.25, 0.3) is 0 Å². The van der Waals surface area contributed by atoms with Crippen molar-refractivity contribution in [2.24, 2.45) is 0 Å². The minimum atomic E-state index is 0.0728. The molecular formula is C9H15NO2. The van der Waals surface area contributed by atoms with Gasteiger partial charge in [-0.2, -0.15) is 0 Å². The molecule has 0 aliphatic carbocycles. The molecule has 0 fully saturated rings. The topological polar surface area (TPSA) is 32.7 Å². The molecule has 0 radical (unpaired) electrons. The third-order valence-corrected chi connectivity index (χ3v) is 1.65. The molecule has 0 saturated heterocycles. The number of ether oxygens (including phenoxy) is 1. The molecule has 12 heavy (non-hydrogen) atoms. The highest BCUT2D eigenvalue weighted by Crippen LogP contribution is 2.05. The van der Waals surface area contributed by atoms with Crippen molar-refractivity contribution < 1.29 is 9.84 Å². The number of rotatable bonds is 3. The molecule has 1 N–H and O–H groups in total. The average Bonchev–Trinajstić information content (AvgIpc) is 2.05. The van der Waals surface area contributed by atoms with Crippen LogP contribution in [0, 0.1) is 0 Å². The number of likely N-dealkylation sites (N-methyl/N-ethyl adjacent to an activating group) is 1. The smallest absolute Gasteiger partial charge is 0.110 e. The predicted molar refractivity (Wildman–Crippen MR) is 47.8 cm³/mol. The van der Waals surface area contributed by atoms with Gasteiger partial charge in [-0.15, -0.1) is 0 Å². The van der Waals surface area contributed by atoms with Crippen LogP contribution in [-0.4, -0.2) is 43.4 Å². The van der Waals surface area contributed by atoms with Crippen LogP contribution in [0.4, 0.5) is 0 Å². The fraction of sp³-hybridized carbons (Fsp3) is 0.556. The normalized spacial score (nSPS) is 21.7. The molecular weight excluding hydrogens is 154 g/mol. The van der Waals surface area contributed by atoms with Crippen LogP contribution in [0.2, 0.25) is 0 Å². The van der Waals surface area contributed by atoms with E-state index in [4.69, 9.17) is 9.84 Å². The first kappa shape index (κ1) is 9.29. The summed E-state index contributed by atoms with van der Waals surface area (Å²) < 4.78 is 5.08. The lowest BCUT2D eigenvalue weighted by atomic mass is 10.2. The Kier molecular flexibility index (Phi) is 3.84. The van der Waals surface area contributed by atoms with E-state index in [1.54, 1.807) is 6.26 Å². The van der Waals surface area contributed by atoms with Crippen molar-refractivity contribution in [2.45, 2.75) is 0 Å². The maximum atomic E-state index is 8.47. The van der Waals surface area contributed by atoms with E-state index in [1.165, 1.54) is 0 Å². The van der Waals surface area contributed by atoms with Gasteiger partial charge in [-0.1, -0.05) is 12.2 Å². The lowest BCUT2D eigenvalue weighted by Crippen LogP contribution is -2.23. The number of hydrogen-bond acceptors (Lipinski definition) is 3. The Hall–Kier alpha value is -0.800. The van der Waals surface area contributed by atoms with Gasteiger partial charge in [0.15, 0.2) is 0 Å². The first-order valence-corrected chi connectivity index (χ1v) is 4.09. The van der Waals surface area contributed by atoms with Gasteiger partial charge >= 0.3 is 0 Å². The van der Waals surface area contributed by atoms with E-state index in [0.717, 1.165) is 18.7 Å². The van der Waals surface area contributed by atoms with Crippen LogP contribution in [0.25, 0.3) is 0 Å². The van der Waals surface area contributed by atoms with Gasteiger partial charge in [-0.3, -0.25) is 4.90 Å². The van der Waals surface area contributed by atoms with E-state index in [-0.39, 0.29) is 6.61 Å². The fourth-order valence-corrected chi connectivity index (χ4v) is 1.11. The average molecular weight is 169 g/mol. The highest BCUT2D eigenvalue weighted by Gasteiger charge is 2.03. The van der Waals surface area contributed by atoms with E-state index in [9.17, 15) is 0 Å². The van der Waals surface area contributed by atoms with E-state index in [0.29, 0.717) is 6.61 Å². The summed E-state index contributed by atoms with van der Waals surface area (Å²) in [6, 6.07) is 0. The second kappa shape index (κ2) is 4.95. The van der Waals surface area contributed by atoms with Crippen molar-refractivity contribution in [3.05, 3.63) is 24.0 Å². The van der Waals surface area contributed by atoms with Gasteiger partial charge in [-0.25, -0.2) is 0 Å². The van der Waals surface area contributed by atoms with Gasteiger partial charge in [0.05, 0.1) is 12.9 Å². The first-order valence-electron chi connectivity index (χ1n) is 4.09. The van der Waals surface area contributed by atoms with Crippen LogP contribution in [-0.2, 0) is 4.74 Å². The quantitative estimate of drug-likeness (QED) is 0.490. The predicted octanol–water partition coefficient (Wildman–Crippen LogP) is 0.381. The molecule has 3 heteroatoms. The minimum Gasteiger partial charge on any atom is -0.498 e. The Labute approximate surface area is 72.9 Å². The Morgan fingerprint density at radius 3 is 3.25 bits per heavy atom. The summed E-state index contributed by atoms with van der Waals surface area (Å²) in [6.45, 7) is 2.36. The molecule has 0 amide bonds. The zero-order valence-corrected chi connectivity index (χ0v) is 7.36. The Bertz CT molecular complexity index is 187. The molecule has 0 unspecified atom stereocenters. The Morgan fingerprint density at radius 2 is 2.58 bits per heavy atom. The zero-order chi connectivity index (χ0) is 8.81. The van der Waals surface area contributed by atoms with Crippen LogP contribution in [0.3, 0.4) is 0 Å². The van der Waals surface area contributed by atoms with Crippen molar-refractivity contribution in [1.29, 1.82) is 0 Å². The van der Waals surface area contributed by atoms with Gasteiger partial charge in [0, 0.05) is 18.7 Å². The van der Waals surface area contributed by atoms with Crippen LogP contribution in [0.5, 0.6) is 0 Å². The molecule has 0 bridgehead atoms. The van der Waals surface area contributed by atoms with Gasteiger partial charge in [0.1, 0.15) is 6.61 Å². The summed E-state index contributed by atoms with van der Waals surface area (Å²) in [6.07, 6.45) is 5.86. The summed E-state index contributed by atoms with van der Waals surface area (Å²) in [7, 11) is 2.06. The molecule has 1 aliphatic heterocycles. The molecule has 1 heterocycles. The molecule has 1 rings (SSSR count). The van der Waals surface area contributed by atoms with Gasteiger partial charge < -0.3 is 9.84 Å². The summed E-state index contributed by atoms with van der Waals surface area (Å²) in [5.74, 6) is 0. The van der Waals surface area contributed by atoms with Crippen molar-refractivity contribution >= 4 is 0 Å². The number of aliphatic hydroxyl groups is 1. The second-order valence-corrected chi connectivity index (χ2v) is 2.89. The summed E-state index contributed by atoms with van der Waals surface area (Å²) in [5, 5.41) is 8.47. The molecule has 3 nitrogen and oxygen atoms in total. The molecule has 0 saturated carbocycles. The van der Waals surface area contributed by atoms with Crippen molar-refractivity contribution in [3.63, 3.8) is 0 Å². The summed E-state index contributed by atoms with van der Waals surface area (Å²) in [5.41, 5.74) is 1.15.